The minimum Gasteiger partial charge on any atom is -0.322 e. The minimum atomic E-state index is -0.496. The van der Waals surface area contributed by atoms with Gasteiger partial charge in [-0.3, -0.25) is 0 Å². The fourth-order valence-electron chi connectivity index (χ4n) is 2.16. The molecule has 15 heavy (non-hydrogen) atoms. The van der Waals surface area contributed by atoms with Gasteiger partial charge in [-0.25, -0.2) is 4.39 Å². The molecule has 0 fully saturated rings. The van der Waals surface area contributed by atoms with Gasteiger partial charge < -0.3 is 5.73 Å². The summed E-state index contributed by atoms with van der Waals surface area (Å²) in [6, 6.07) is -0.483. The number of halogens is 1. The SMILES string of the molecule is Cc1c(C)c(C)c([C@H](N)CF)c(C)c1C. The Morgan fingerprint density at radius 2 is 1.20 bits per heavy atom. The number of hydrogen-bond donors (Lipinski definition) is 1. The maximum Gasteiger partial charge on any atom is 0.109 e. The van der Waals surface area contributed by atoms with Gasteiger partial charge in [-0.2, -0.15) is 0 Å². The zero-order valence-electron chi connectivity index (χ0n) is 10.2. The van der Waals surface area contributed by atoms with Crippen molar-refractivity contribution in [1.82, 2.24) is 0 Å². The Morgan fingerprint density at radius 1 is 0.867 bits per heavy atom. The van der Waals surface area contributed by atoms with Crippen LogP contribution in [0.5, 0.6) is 0 Å². The third-order valence-corrected chi connectivity index (χ3v) is 3.60. The zero-order valence-corrected chi connectivity index (χ0v) is 10.2. The van der Waals surface area contributed by atoms with Gasteiger partial charge in [0.25, 0.3) is 0 Å². The van der Waals surface area contributed by atoms with Crippen LogP contribution in [-0.2, 0) is 0 Å². The van der Waals surface area contributed by atoms with Crippen LogP contribution in [0.4, 0.5) is 4.39 Å². The standard InChI is InChI=1S/C13H20FN/c1-7-8(2)10(4)13(12(15)6-14)11(5)9(7)3/h12H,6,15H2,1-5H3/t12-/m1/s1. The van der Waals surface area contributed by atoms with Crippen molar-refractivity contribution in [3.8, 4) is 0 Å². The first-order chi connectivity index (χ1) is 6.91. The van der Waals surface area contributed by atoms with E-state index in [1.807, 2.05) is 13.8 Å². The lowest BCUT2D eigenvalue weighted by molar-refractivity contribution is 0.435. The highest BCUT2D eigenvalue weighted by atomic mass is 19.1. The molecule has 0 saturated heterocycles. The molecule has 0 unspecified atom stereocenters. The summed E-state index contributed by atoms with van der Waals surface area (Å²) in [5.41, 5.74) is 12.8. The molecule has 1 nitrogen and oxygen atoms in total. The quantitative estimate of drug-likeness (QED) is 0.795. The van der Waals surface area contributed by atoms with E-state index in [9.17, 15) is 4.39 Å². The normalized spacial score (nSPS) is 13.0. The molecule has 2 N–H and O–H groups in total. The second-order valence-electron chi connectivity index (χ2n) is 4.30. The lowest BCUT2D eigenvalue weighted by Crippen LogP contribution is -2.17. The first-order valence-corrected chi connectivity index (χ1v) is 5.30. The van der Waals surface area contributed by atoms with Crippen LogP contribution in [0.15, 0.2) is 0 Å². The molecular formula is C13H20FN. The Kier molecular flexibility index (Phi) is 3.50. The molecule has 1 atom stereocenters. The third kappa shape index (κ3) is 1.91. The molecular weight excluding hydrogens is 189 g/mol. The molecule has 0 amide bonds. The Bertz CT molecular complexity index is 354. The second-order valence-corrected chi connectivity index (χ2v) is 4.30. The van der Waals surface area contributed by atoms with Crippen LogP contribution in [0.3, 0.4) is 0 Å². The molecule has 0 radical (unpaired) electrons. The van der Waals surface area contributed by atoms with Crippen molar-refractivity contribution in [2.45, 2.75) is 40.7 Å². The third-order valence-electron chi connectivity index (χ3n) is 3.60. The highest BCUT2D eigenvalue weighted by Gasteiger charge is 2.17. The predicted octanol–water partition coefficient (Wildman–Crippen LogP) is 3.20. The average Bonchev–Trinajstić information content (AvgIpc) is 2.23. The fraction of sp³-hybridized carbons (Fsp3) is 0.538. The minimum absolute atomic E-state index is 0.483. The van der Waals surface area contributed by atoms with Crippen LogP contribution in [0, 0.1) is 34.6 Å². The summed E-state index contributed by atoms with van der Waals surface area (Å²) in [7, 11) is 0. The van der Waals surface area contributed by atoms with Crippen molar-refractivity contribution in [3.63, 3.8) is 0 Å². The molecule has 0 bridgehead atoms. The smallest absolute Gasteiger partial charge is 0.109 e. The van der Waals surface area contributed by atoms with Crippen molar-refractivity contribution < 1.29 is 4.39 Å². The molecule has 0 aliphatic heterocycles. The van der Waals surface area contributed by atoms with Gasteiger partial charge in [0.05, 0.1) is 6.04 Å². The van der Waals surface area contributed by atoms with Gasteiger partial charge in [-0.1, -0.05) is 0 Å². The van der Waals surface area contributed by atoms with Gasteiger partial charge in [0, 0.05) is 0 Å². The van der Waals surface area contributed by atoms with Crippen LogP contribution >= 0.6 is 0 Å². The highest BCUT2D eigenvalue weighted by molar-refractivity contribution is 5.50. The molecule has 1 aromatic rings. The van der Waals surface area contributed by atoms with Crippen molar-refractivity contribution in [2.75, 3.05) is 6.67 Å². The Morgan fingerprint density at radius 3 is 1.53 bits per heavy atom. The van der Waals surface area contributed by atoms with Crippen LogP contribution in [0.1, 0.15) is 39.4 Å². The van der Waals surface area contributed by atoms with Gasteiger partial charge in [0.1, 0.15) is 6.67 Å². The van der Waals surface area contributed by atoms with Crippen molar-refractivity contribution in [2.24, 2.45) is 5.73 Å². The van der Waals surface area contributed by atoms with Crippen LogP contribution < -0.4 is 5.73 Å². The van der Waals surface area contributed by atoms with E-state index in [-0.39, 0.29) is 0 Å². The molecule has 2 heteroatoms. The first kappa shape index (κ1) is 12.2. The molecule has 0 heterocycles. The van der Waals surface area contributed by atoms with E-state index in [1.165, 1.54) is 16.7 Å². The monoisotopic (exact) mass is 209 g/mol. The van der Waals surface area contributed by atoms with Gasteiger partial charge in [0.2, 0.25) is 0 Å². The summed E-state index contributed by atoms with van der Waals surface area (Å²) >= 11 is 0. The average molecular weight is 209 g/mol. The molecule has 1 rings (SSSR count). The van der Waals surface area contributed by atoms with Crippen molar-refractivity contribution in [1.29, 1.82) is 0 Å². The maximum absolute atomic E-state index is 12.7. The van der Waals surface area contributed by atoms with E-state index in [0.29, 0.717) is 0 Å². The zero-order chi connectivity index (χ0) is 11.7. The highest BCUT2D eigenvalue weighted by Crippen LogP contribution is 2.29. The van der Waals surface area contributed by atoms with Gasteiger partial charge in [0.15, 0.2) is 0 Å². The predicted molar refractivity (Wildman–Crippen MR) is 63.0 cm³/mol. The fourth-order valence-corrected chi connectivity index (χ4v) is 2.16. The van der Waals surface area contributed by atoms with Crippen LogP contribution in [-0.4, -0.2) is 6.67 Å². The molecule has 1 aromatic carbocycles. The lowest BCUT2D eigenvalue weighted by Gasteiger charge is -2.21. The summed E-state index contributed by atoms with van der Waals surface area (Å²) < 4.78 is 12.7. The largest absolute Gasteiger partial charge is 0.322 e. The van der Waals surface area contributed by atoms with Crippen molar-refractivity contribution >= 4 is 0 Å². The summed E-state index contributed by atoms with van der Waals surface area (Å²) in [6.45, 7) is 9.81. The van der Waals surface area contributed by atoms with Crippen LogP contribution in [0.25, 0.3) is 0 Å². The second kappa shape index (κ2) is 4.31. The van der Waals surface area contributed by atoms with Gasteiger partial charge in [-0.15, -0.1) is 0 Å². The van der Waals surface area contributed by atoms with E-state index in [2.05, 4.69) is 20.8 Å². The van der Waals surface area contributed by atoms with E-state index in [0.717, 1.165) is 16.7 Å². The van der Waals surface area contributed by atoms with E-state index < -0.39 is 12.7 Å². The molecule has 0 aliphatic rings. The summed E-state index contributed by atoms with van der Waals surface area (Å²) in [4.78, 5) is 0. The van der Waals surface area contributed by atoms with Gasteiger partial charge >= 0.3 is 0 Å². The van der Waals surface area contributed by atoms with Crippen molar-refractivity contribution in [3.05, 3.63) is 33.4 Å². The number of rotatable bonds is 2. The Labute approximate surface area is 91.5 Å². The summed E-state index contributed by atoms with van der Waals surface area (Å²) in [5.74, 6) is 0. The van der Waals surface area contributed by atoms with Crippen LogP contribution in [0.2, 0.25) is 0 Å². The number of hydrogen-bond acceptors (Lipinski definition) is 1. The van der Waals surface area contributed by atoms with E-state index in [1.54, 1.807) is 0 Å². The number of nitrogens with two attached hydrogens (primary N) is 1. The van der Waals surface area contributed by atoms with Gasteiger partial charge in [-0.05, 0) is 68.0 Å². The van der Waals surface area contributed by atoms with E-state index in [4.69, 9.17) is 5.73 Å². The maximum atomic E-state index is 12.7. The Hall–Kier alpha value is -0.890. The number of benzene rings is 1. The molecule has 0 spiro atoms. The topological polar surface area (TPSA) is 26.0 Å². The first-order valence-electron chi connectivity index (χ1n) is 5.30. The summed E-state index contributed by atoms with van der Waals surface area (Å²) in [6.07, 6.45) is 0. The number of alkyl halides is 1. The van der Waals surface area contributed by atoms with E-state index >= 15 is 0 Å². The molecule has 0 aliphatic carbocycles. The molecule has 0 aromatic heterocycles. The summed E-state index contributed by atoms with van der Waals surface area (Å²) in [5, 5.41) is 0. The molecule has 84 valence electrons. The molecule has 0 saturated carbocycles. The Balaban J connectivity index is 3.52. The lowest BCUT2D eigenvalue weighted by atomic mass is 9.87.